The van der Waals surface area contributed by atoms with Gasteiger partial charge in [0, 0.05) is 18.0 Å². The summed E-state index contributed by atoms with van der Waals surface area (Å²) in [5.74, 6) is 0.927. The van der Waals surface area contributed by atoms with E-state index in [1.807, 2.05) is 0 Å². The Bertz CT molecular complexity index is 823. The van der Waals surface area contributed by atoms with Gasteiger partial charge in [-0.25, -0.2) is 9.97 Å². The zero-order valence-electron chi connectivity index (χ0n) is 14.1. The molecular weight excluding hydrogens is 304 g/mol. The molecule has 0 bridgehead atoms. The van der Waals surface area contributed by atoms with Crippen LogP contribution in [0.2, 0.25) is 0 Å². The molecule has 0 aliphatic carbocycles. The highest BCUT2D eigenvalue weighted by Crippen LogP contribution is 2.32. The van der Waals surface area contributed by atoms with Gasteiger partial charge < -0.3 is 10.2 Å². The van der Waals surface area contributed by atoms with E-state index < -0.39 is 0 Å². The highest BCUT2D eigenvalue weighted by Gasteiger charge is 2.12. The predicted molar refractivity (Wildman–Crippen MR) is 98.0 cm³/mol. The van der Waals surface area contributed by atoms with Gasteiger partial charge in [0.05, 0.1) is 5.39 Å². The zero-order chi connectivity index (χ0) is 16.4. The lowest BCUT2D eigenvalue weighted by Gasteiger charge is -2.15. The average molecular weight is 326 g/mol. The van der Waals surface area contributed by atoms with Crippen LogP contribution in [0.3, 0.4) is 0 Å². The van der Waals surface area contributed by atoms with Crippen LogP contribution in [0.5, 0.6) is 0 Å². The summed E-state index contributed by atoms with van der Waals surface area (Å²) in [6.07, 6.45) is 1.64. The smallest absolute Gasteiger partial charge is 0.138 e. The van der Waals surface area contributed by atoms with Crippen molar-refractivity contribution in [1.82, 2.24) is 14.9 Å². The van der Waals surface area contributed by atoms with Crippen molar-refractivity contribution in [3.8, 4) is 0 Å². The minimum atomic E-state index is 0.768. The number of benzene rings is 1. The highest BCUT2D eigenvalue weighted by molar-refractivity contribution is 7.18. The SMILES string of the molecule is Cc1sc2ncnc(NCc3ccccc3CN(C)C)c2c1C. The van der Waals surface area contributed by atoms with Crippen LogP contribution in [-0.4, -0.2) is 29.0 Å². The number of fused-ring (bicyclic) bond motifs is 1. The Kier molecular flexibility index (Phi) is 4.59. The molecule has 3 rings (SSSR count). The molecule has 1 aromatic carbocycles. The first kappa shape index (κ1) is 15.9. The molecule has 0 fully saturated rings. The van der Waals surface area contributed by atoms with Crippen LogP contribution in [0.1, 0.15) is 21.6 Å². The summed E-state index contributed by atoms with van der Waals surface area (Å²) in [4.78, 5) is 13.4. The lowest BCUT2D eigenvalue weighted by molar-refractivity contribution is 0.401. The van der Waals surface area contributed by atoms with Gasteiger partial charge >= 0.3 is 0 Å². The van der Waals surface area contributed by atoms with Crippen molar-refractivity contribution >= 4 is 27.4 Å². The summed E-state index contributed by atoms with van der Waals surface area (Å²) in [7, 11) is 4.19. The Morgan fingerprint density at radius 2 is 1.83 bits per heavy atom. The fourth-order valence-electron chi connectivity index (χ4n) is 2.72. The quantitative estimate of drug-likeness (QED) is 0.770. The Morgan fingerprint density at radius 3 is 2.57 bits per heavy atom. The van der Waals surface area contributed by atoms with Crippen molar-refractivity contribution in [2.24, 2.45) is 0 Å². The van der Waals surface area contributed by atoms with Gasteiger partial charge in [-0.15, -0.1) is 11.3 Å². The molecule has 120 valence electrons. The Morgan fingerprint density at radius 1 is 1.09 bits per heavy atom. The third-order valence-electron chi connectivity index (χ3n) is 4.02. The Balaban J connectivity index is 1.87. The predicted octanol–water partition coefficient (Wildman–Crippen LogP) is 3.98. The van der Waals surface area contributed by atoms with Crippen molar-refractivity contribution in [3.05, 3.63) is 52.2 Å². The molecule has 0 saturated heterocycles. The molecular formula is C18H22N4S. The first-order chi connectivity index (χ1) is 11.1. The summed E-state index contributed by atoms with van der Waals surface area (Å²) in [5, 5.41) is 4.66. The first-order valence-electron chi connectivity index (χ1n) is 7.72. The summed E-state index contributed by atoms with van der Waals surface area (Å²) in [6, 6.07) is 8.55. The van der Waals surface area contributed by atoms with Crippen LogP contribution >= 0.6 is 11.3 Å². The number of hydrogen-bond donors (Lipinski definition) is 1. The third kappa shape index (κ3) is 3.35. The molecule has 0 saturated carbocycles. The number of nitrogens with zero attached hydrogens (tertiary/aromatic N) is 3. The van der Waals surface area contributed by atoms with E-state index >= 15 is 0 Å². The van der Waals surface area contributed by atoms with Gasteiger partial charge in [0.2, 0.25) is 0 Å². The monoisotopic (exact) mass is 326 g/mol. The molecule has 23 heavy (non-hydrogen) atoms. The van der Waals surface area contributed by atoms with Crippen molar-refractivity contribution in [3.63, 3.8) is 0 Å². The van der Waals surface area contributed by atoms with E-state index in [0.717, 1.165) is 29.1 Å². The van der Waals surface area contributed by atoms with Gasteiger partial charge in [-0.2, -0.15) is 0 Å². The number of thiophene rings is 1. The van der Waals surface area contributed by atoms with Crippen LogP contribution in [0.4, 0.5) is 5.82 Å². The largest absolute Gasteiger partial charge is 0.365 e. The number of aryl methyl sites for hydroxylation is 2. The molecule has 0 aliphatic rings. The lowest BCUT2D eigenvalue weighted by Crippen LogP contribution is -2.13. The second kappa shape index (κ2) is 6.64. The minimum Gasteiger partial charge on any atom is -0.365 e. The first-order valence-corrected chi connectivity index (χ1v) is 8.54. The van der Waals surface area contributed by atoms with Gasteiger partial charge in [-0.3, -0.25) is 0 Å². The maximum atomic E-state index is 4.46. The standard InChI is InChI=1S/C18H22N4S/c1-12-13(2)23-18-16(12)17(20-11-21-18)19-9-14-7-5-6-8-15(14)10-22(3)4/h5-8,11H,9-10H2,1-4H3,(H,19,20,21). The van der Waals surface area contributed by atoms with Gasteiger partial charge in [0.1, 0.15) is 17.0 Å². The van der Waals surface area contributed by atoms with E-state index in [0.29, 0.717) is 0 Å². The molecule has 0 amide bonds. The zero-order valence-corrected chi connectivity index (χ0v) is 14.9. The highest BCUT2D eigenvalue weighted by atomic mass is 32.1. The molecule has 1 N–H and O–H groups in total. The summed E-state index contributed by atoms with van der Waals surface area (Å²) in [5.41, 5.74) is 3.92. The van der Waals surface area contributed by atoms with Crippen LogP contribution in [0, 0.1) is 13.8 Å². The molecule has 0 spiro atoms. The minimum absolute atomic E-state index is 0.768. The molecule has 0 aliphatic heterocycles. The summed E-state index contributed by atoms with van der Waals surface area (Å²) >= 11 is 1.73. The lowest BCUT2D eigenvalue weighted by atomic mass is 10.1. The number of aromatic nitrogens is 2. The van der Waals surface area contributed by atoms with Crippen LogP contribution < -0.4 is 5.32 Å². The fourth-order valence-corrected chi connectivity index (χ4v) is 3.72. The van der Waals surface area contributed by atoms with E-state index in [2.05, 4.69) is 72.4 Å². The summed E-state index contributed by atoms with van der Waals surface area (Å²) in [6.45, 7) is 5.98. The van der Waals surface area contributed by atoms with Crippen molar-refractivity contribution in [2.45, 2.75) is 26.9 Å². The van der Waals surface area contributed by atoms with Gasteiger partial charge in [0.15, 0.2) is 0 Å². The van der Waals surface area contributed by atoms with Crippen molar-refractivity contribution in [2.75, 3.05) is 19.4 Å². The van der Waals surface area contributed by atoms with E-state index in [-0.39, 0.29) is 0 Å². The molecule has 4 nitrogen and oxygen atoms in total. The molecule has 0 radical (unpaired) electrons. The van der Waals surface area contributed by atoms with Gasteiger partial charge in [-0.1, -0.05) is 24.3 Å². The number of hydrogen-bond acceptors (Lipinski definition) is 5. The maximum Gasteiger partial charge on any atom is 0.138 e. The molecule has 5 heteroatoms. The topological polar surface area (TPSA) is 41.1 Å². The van der Waals surface area contributed by atoms with Crippen LogP contribution in [-0.2, 0) is 13.1 Å². The van der Waals surface area contributed by atoms with E-state index in [1.165, 1.54) is 21.6 Å². The maximum absolute atomic E-state index is 4.46. The van der Waals surface area contributed by atoms with E-state index in [4.69, 9.17) is 0 Å². The number of nitrogens with one attached hydrogen (secondary N) is 1. The molecule has 0 unspecified atom stereocenters. The van der Waals surface area contributed by atoms with Gasteiger partial charge in [-0.05, 0) is 44.6 Å². The molecule has 2 heterocycles. The third-order valence-corrected chi connectivity index (χ3v) is 5.13. The molecule has 3 aromatic rings. The van der Waals surface area contributed by atoms with Crippen LogP contribution in [0.25, 0.3) is 10.2 Å². The van der Waals surface area contributed by atoms with E-state index in [9.17, 15) is 0 Å². The second-order valence-electron chi connectivity index (χ2n) is 6.05. The number of anilines is 1. The fraction of sp³-hybridized carbons (Fsp3) is 0.333. The summed E-state index contributed by atoms with van der Waals surface area (Å²) < 4.78 is 0. The molecule has 0 atom stereocenters. The van der Waals surface area contributed by atoms with Gasteiger partial charge in [0.25, 0.3) is 0 Å². The second-order valence-corrected chi connectivity index (χ2v) is 7.25. The Hall–Kier alpha value is -1.98. The van der Waals surface area contributed by atoms with Crippen molar-refractivity contribution in [1.29, 1.82) is 0 Å². The van der Waals surface area contributed by atoms with Crippen LogP contribution in [0.15, 0.2) is 30.6 Å². The number of rotatable bonds is 5. The average Bonchev–Trinajstić information content (AvgIpc) is 2.81. The molecule has 2 aromatic heterocycles. The normalized spacial score (nSPS) is 11.3. The van der Waals surface area contributed by atoms with Crippen molar-refractivity contribution < 1.29 is 0 Å². The Labute approximate surface area is 141 Å². The van der Waals surface area contributed by atoms with E-state index in [1.54, 1.807) is 17.7 Å².